The summed E-state index contributed by atoms with van der Waals surface area (Å²) in [7, 11) is 1.71. The summed E-state index contributed by atoms with van der Waals surface area (Å²) in [5.74, 6) is 0.755. The van der Waals surface area contributed by atoms with Crippen molar-refractivity contribution in [2.75, 3.05) is 33.4 Å². The van der Waals surface area contributed by atoms with E-state index in [0.717, 1.165) is 37.4 Å². The van der Waals surface area contributed by atoms with Crippen molar-refractivity contribution < 1.29 is 9.53 Å². The molecule has 3 rings (SSSR count). The Bertz CT molecular complexity index is 723. The molecule has 0 unspecified atom stereocenters. The molecule has 1 saturated heterocycles. The van der Waals surface area contributed by atoms with Crippen LogP contribution in [0.5, 0.6) is 0 Å². The van der Waals surface area contributed by atoms with E-state index in [0.29, 0.717) is 19.6 Å². The van der Waals surface area contributed by atoms with Crippen LogP contribution in [0.15, 0.2) is 30.3 Å². The molecule has 0 saturated carbocycles. The van der Waals surface area contributed by atoms with E-state index in [-0.39, 0.29) is 29.6 Å². The number of hydrogen-bond donors (Lipinski definition) is 2. The van der Waals surface area contributed by atoms with Crippen molar-refractivity contribution >= 4 is 18.3 Å². The third-order valence-corrected chi connectivity index (χ3v) is 4.93. The van der Waals surface area contributed by atoms with E-state index >= 15 is 0 Å². The minimum atomic E-state index is -0.233. The van der Waals surface area contributed by atoms with E-state index in [4.69, 9.17) is 4.74 Å². The number of ether oxygens (including phenoxy) is 1. The SMILES string of the molecule is CCc1nc(C(=O)NCC2(COC)CCNCC2)nn1-c1ccccc1.Cl. The lowest BCUT2D eigenvalue weighted by atomic mass is 9.79. The van der Waals surface area contributed by atoms with E-state index in [2.05, 4.69) is 20.7 Å². The highest BCUT2D eigenvalue weighted by Crippen LogP contribution is 2.28. The lowest BCUT2D eigenvalue weighted by molar-refractivity contribution is 0.0509. The second-order valence-electron chi connectivity index (χ2n) is 6.82. The molecule has 2 aromatic rings. The molecule has 8 heteroatoms. The number of nitrogens with one attached hydrogen (secondary N) is 2. The second kappa shape index (κ2) is 9.82. The van der Waals surface area contributed by atoms with Crippen LogP contribution in [0, 0.1) is 5.41 Å². The molecule has 27 heavy (non-hydrogen) atoms. The predicted octanol–water partition coefficient (Wildman–Crippen LogP) is 2.00. The van der Waals surface area contributed by atoms with Gasteiger partial charge in [-0.25, -0.2) is 9.67 Å². The van der Waals surface area contributed by atoms with Gasteiger partial charge in [-0.3, -0.25) is 4.79 Å². The Morgan fingerprint density at radius 3 is 2.63 bits per heavy atom. The summed E-state index contributed by atoms with van der Waals surface area (Å²) in [6.45, 7) is 5.11. The van der Waals surface area contributed by atoms with Gasteiger partial charge >= 0.3 is 0 Å². The number of benzene rings is 1. The molecule has 1 aromatic carbocycles. The van der Waals surface area contributed by atoms with Crippen LogP contribution in [-0.4, -0.2) is 54.0 Å². The first-order valence-electron chi connectivity index (χ1n) is 9.17. The number of carbonyl (C=O) groups excluding carboxylic acids is 1. The molecule has 2 heterocycles. The Labute approximate surface area is 166 Å². The summed E-state index contributed by atoms with van der Waals surface area (Å²) in [5.41, 5.74) is 0.885. The first kappa shape index (κ1) is 21.3. The Hall–Kier alpha value is -1.96. The van der Waals surface area contributed by atoms with E-state index in [1.54, 1.807) is 11.8 Å². The highest BCUT2D eigenvalue weighted by Gasteiger charge is 2.33. The smallest absolute Gasteiger partial charge is 0.291 e. The lowest BCUT2D eigenvalue weighted by Gasteiger charge is -2.37. The van der Waals surface area contributed by atoms with E-state index in [1.165, 1.54) is 0 Å². The van der Waals surface area contributed by atoms with Crippen LogP contribution in [-0.2, 0) is 11.2 Å². The quantitative estimate of drug-likeness (QED) is 0.752. The van der Waals surface area contributed by atoms with Crippen molar-refractivity contribution in [3.8, 4) is 5.69 Å². The highest BCUT2D eigenvalue weighted by atomic mass is 35.5. The van der Waals surface area contributed by atoms with Gasteiger partial charge < -0.3 is 15.4 Å². The Morgan fingerprint density at radius 2 is 2.00 bits per heavy atom. The average Bonchev–Trinajstić information content (AvgIpc) is 3.12. The summed E-state index contributed by atoms with van der Waals surface area (Å²) < 4.78 is 7.15. The van der Waals surface area contributed by atoms with Crippen molar-refractivity contribution in [1.29, 1.82) is 0 Å². The van der Waals surface area contributed by atoms with Gasteiger partial charge in [0.2, 0.25) is 5.82 Å². The van der Waals surface area contributed by atoms with Gasteiger partial charge in [0.1, 0.15) is 5.82 Å². The zero-order valence-electron chi connectivity index (χ0n) is 15.9. The van der Waals surface area contributed by atoms with Gasteiger partial charge in [0.25, 0.3) is 5.91 Å². The van der Waals surface area contributed by atoms with E-state index in [1.807, 2.05) is 37.3 Å². The van der Waals surface area contributed by atoms with Crippen molar-refractivity contribution in [2.45, 2.75) is 26.2 Å². The van der Waals surface area contributed by atoms with Gasteiger partial charge in [0.15, 0.2) is 0 Å². The molecule has 1 aliphatic heterocycles. The topological polar surface area (TPSA) is 81.1 Å². The Kier molecular flexibility index (Phi) is 7.77. The van der Waals surface area contributed by atoms with Gasteiger partial charge in [-0.15, -0.1) is 17.5 Å². The fourth-order valence-electron chi connectivity index (χ4n) is 3.43. The third kappa shape index (κ3) is 5.06. The molecule has 0 bridgehead atoms. The fraction of sp³-hybridized carbons (Fsp3) is 0.526. The Balaban J connectivity index is 0.00000261. The van der Waals surface area contributed by atoms with E-state index in [9.17, 15) is 4.79 Å². The molecular weight excluding hydrogens is 366 g/mol. The van der Waals surface area contributed by atoms with Crippen molar-refractivity contribution in [2.24, 2.45) is 5.41 Å². The molecule has 148 valence electrons. The third-order valence-electron chi connectivity index (χ3n) is 4.93. The van der Waals surface area contributed by atoms with Crippen LogP contribution in [0.25, 0.3) is 5.69 Å². The van der Waals surface area contributed by atoms with Crippen molar-refractivity contribution in [3.63, 3.8) is 0 Å². The van der Waals surface area contributed by atoms with Crippen molar-refractivity contribution in [1.82, 2.24) is 25.4 Å². The number of aryl methyl sites for hydroxylation is 1. The van der Waals surface area contributed by atoms with Crippen LogP contribution >= 0.6 is 12.4 Å². The first-order valence-corrected chi connectivity index (χ1v) is 9.17. The molecule has 0 spiro atoms. The summed E-state index contributed by atoms with van der Waals surface area (Å²) in [6, 6.07) is 9.76. The number of rotatable bonds is 7. The predicted molar refractivity (Wildman–Crippen MR) is 107 cm³/mol. The molecule has 0 radical (unpaired) electrons. The number of methoxy groups -OCH3 is 1. The summed E-state index contributed by atoms with van der Waals surface area (Å²) >= 11 is 0. The second-order valence-corrected chi connectivity index (χ2v) is 6.82. The van der Waals surface area contributed by atoms with Gasteiger partial charge in [-0.2, -0.15) is 0 Å². The Morgan fingerprint density at radius 1 is 1.30 bits per heavy atom. The molecule has 1 aromatic heterocycles. The molecule has 0 aliphatic carbocycles. The molecule has 7 nitrogen and oxygen atoms in total. The number of carbonyl (C=O) groups is 1. The number of para-hydroxylation sites is 1. The minimum Gasteiger partial charge on any atom is -0.384 e. The molecule has 2 N–H and O–H groups in total. The summed E-state index contributed by atoms with van der Waals surface area (Å²) in [4.78, 5) is 17.1. The monoisotopic (exact) mass is 393 g/mol. The van der Waals surface area contributed by atoms with Crippen LogP contribution < -0.4 is 10.6 Å². The molecule has 1 aliphatic rings. The number of piperidine rings is 1. The van der Waals surface area contributed by atoms with Gasteiger partial charge in [0, 0.05) is 25.5 Å². The van der Waals surface area contributed by atoms with E-state index < -0.39 is 0 Å². The number of halogens is 1. The van der Waals surface area contributed by atoms with Crippen LogP contribution in [0.2, 0.25) is 0 Å². The standard InChI is InChI=1S/C19H27N5O2.ClH/c1-3-16-22-17(23-24(16)15-7-5-4-6-8-15)18(25)21-13-19(14-26-2)9-11-20-12-10-19;/h4-8,20H,3,9-14H2,1-2H3,(H,21,25);1H. The minimum absolute atomic E-state index is 0. The largest absolute Gasteiger partial charge is 0.384 e. The zero-order valence-corrected chi connectivity index (χ0v) is 16.7. The van der Waals surface area contributed by atoms with Gasteiger partial charge in [0.05, 0.1) is 12.3 Å². The molecule has 1 amide bonds. The number of nitrogens with zero attached hydrogens (tertiary/aromatic N) is 3. The molecule has 1 fully saturated rings. The summed E-state index contributed by atoms with van der Waals surface area (Å²) in [6.07, 6.45) is 2.66. The first-order chi connectivity index (χ1) is 12.7. The highest BCUT2D eigenvalue weighted by molar-refractivity contribution is 5.90. The normalized spacial score (nSPS) is 15.8. The fourth-order valence-corrected chi connectivity index (χ4v) is 3.43. The van der Waals surface area contributed by atoms with Crippen molar-refractivity contribution in [3.05, 3.63) is 42.0 Å². The van der Waals surface area contributed by atoms with Gasteiger partial charge in [-0.1, -0.05) is 25.1 Å². The maximum Gasteiger partial charge on any atom is 0.291 e. The summed E-state index contributed by atoms with van der Waals surface area (Å²) in [5, 5.41) is 10.8. The average molecular weight is 394 g/mol. The maximum atomic E-state index is 12.6. The zero-order chi connectivity index (χ0) is 18.4. The number of aromatic nitrogens is 3. The number of hydrogen-bond acceptors (Lipinski definition) is 5. The van der Waals surface area contributed by atoms with Crippen LogP contribution in [0.3, 0.4) is 0 Å². The molecular formula is C19H28ClN5O2. The van der Waals surface area contributed by atoms with Gasteiger partial charge in [-0.05, 0) is 38.1 Å². The number of amides is 1. The maximum absolute atomic E-state index is 12.6. The van der Waals surface area contributed by atoms with Crippen LogP contribution in [0.4, 0.5) is 0 Å². The lowest BCUT2D eigenvalue weighted by Crippen LogP contribution is -2.47. The van der Waals surface area contributed by atoms with Crippen LogP contribution in [0.1, 0.15) is 36.2 Å². The molecule has 0 atom stereocenters.